The summed E-state index contributed by atoms with van der Waals surface area (Å²) >= 11 is 0. The number of ether oxygens (including phenoxy) is 3. The van der Waals surface area contributed by atoms with E-state index < -0.39 is 24.8 Å². The van der Waals surface area contributed by atoms with Gasteiger partial charge in [-0.15, -0.1) is 0 Å². The maximum atomic E-state index is 12.9. The van der Waals surface area contributed by atoms with Gasteiger partial charge in [-0.2, -0.15) is 0 Å². The number of hydrogen-bond donors (Lipinski definition) is 3. The molecule has 0 atom stereocenters. The van der Waals surface area contributed by atoms with Gasteiger partial charge < -0.3 is 30.0 Å². The van der Waals surface area contributed by atoms with Gasteiger partial charge in [0.25, 0.3) is 18.2 Å². The van der Waals surface area contributed by atoms with Gasteiger partial charge in [0, 0.05) is 18.5 Å². The maximum absolute atomic E-state index is 12.9. The number of benzene rings is 3. The van der Waals surface area contributed by atoms with Crippen LogP contribution in [0.15, 0.2) is 78.5 Å². The number of rotatable bonds is 14. The number of carbonyl (C=O) groups excluding carboxylic acids is 2. The van der Waals surface area contributed by atoms with Crippen molar-refractivity contribution in [2.75, 3.05) is 33.5 Å². The Labute approximate surface area is 225 Å². The second kappa shape index (κ2) is 15.1. The Morgan fingerprint density at radius 3 is 2.13 bits per heavy atom. The van der Waals surface area contributed by atoms with Gasteiger partial charge in [-0.05, 0) is 65.7 Å². The molecule has 0 aliphatic carbocycles. The molecule has 39 heavy (non-hydrogen) atoms. The van der Waals surface area contributed by atoms with Crippen LogP contribution in [-0.2, 0) is 11.2 Å². The highest BCUT2D eigenvalue weighted by molar-refractivity contribution is 6.05. The molecule has 3 rings (SSSR count). The van der Waals surface area contributed by atoms with E-state index in [4.69, 9.17) is 19.3 Å². The lowest BCUT2D eigenvalue weighted by molar-refractivity contribution is -0.117. The van der Waals surface area contributed by atoms with E-state index >= 15 is 0 Å². The van der Waals surface area contributed by atoms with Gasteiger partial charge in [0.2, 0.25) is 0 Å². The average Bonchev–Trinajstić information content (AvgIpc) is 2.95. The van der Waals surface area contributed by atoms with Gasteiger partial charge in [0.15, 0.2) is 0 Å². The molecule has 2 amide bonds. The summed E-state index contributed by atoms with van der Waals surface area (Å²) in [6, 6.07) is 20.3. The first-order valence-corrected chi connectivity index (χ1v) is 12.2. The zero-order valence-electron chi connectivity index (χ0n) is 21.4. The Bertz CT molecular complexity index is 1230. The van der Waals surface area contributed by atoms with E-state index in [1.807, 2.05) is 24.3 Å². The fraction of sp³-hybridized carbons (Fsp3) is 0.241. The second-order valence-electron chi connectivity index (χ2n) is 8.23. The Morgan fingerprint density at radius 2 is 1.51 bits per heavy atom. The van der Waals surface area contributed by atoms with Crippen molar-refractivity contribution >= 4 is 17.9 Å². The summed E-state index contributed by atoms with van der Waals surface area (Å²) in [4.78, 5) is 25.5. The molecule has 3 aromatic carbocycles. The Kier molecular flexibility index (Phi) is 11.3. The number of nitrogens with one attached hydrogen (secondary N) is 2. The van der Waals surface area contributed by atoms with Gasteiger partial charge in [0.05, 0.1) is 20.3 Å². The van der Waals surface area contributed by atoms with Gasteiger partial charge in [-0.1, -0.05) is 24.3 Å². The summed E-state index contributed by atoms with van der Waals surface area (Å²) in [5.74, 6) is 0.489. The van der Waals surface area contributed by atoms with Crippen molar-refractivity contribution in [3.8, 4) is 17.2 Å². The molecule has 10 heteroatoms. The fourth-order valence-electron chi connectivity index (χ4n) is 3.39. The number of methoxy groups -OCH3 is 1. The molecule has 0 aromatic heterocycles. The van der Waals surface area contributed by atoms with E-state index in [1.54, 1.807) is 43.5 Å². The van der Waals surface area contributed by atoms with Crippen LogP contribution in [0.3, 0.4) is 0 Å². The number of halogens is 2. The first-order valence-electron chi connectivity index (χ1n) is 12.2. The van der Waals surface area contributed by atoms with Crippen molar-refractivity contribution in [3.63, 3.8) is 0 Å². The first-order chi connectivity index (χ1) is 18.9. The molecule has 8 nitrogen and oxygen atoms in total. The molecule has 3 N–H and O–H groups in total. The lowest BCUT2D eigenvalue weighted by atomic mass is 10.1. The monoisotopic (exact) mass is 540 g/mol. The molecule has 0 heterocycles. The van der Waals surface area contributed by atoms with E-state index in [2.05, 4.69) is 10.6 Å². The van der Waals surface area contributed by atoms with E-state index in [-0.39, 0.29) is 24.6 Å². The molecule has 206 valence electrons. The quantitative estimate of drug-likeness (QED) is 0.269. The summed E-state index contributed by atoms with van der Waals surface area (Å²) in [7, 11) is 1.61. The fourth-order valence-corrected chi connectivity index (χ4v) is 3.39. The standard InChI is InChI=1S/C29H30F2N2O6/c1-37-23-8-2-20(3-9-23)14-17-38-24-12-6-22(7-13-24)28(35)33-26(29(36)32-15-16-34)18-21-4-10-25(11-5-21)39-19-27(30)31/h2-13,18,27,34H,14-17,19H2,1H3,(H,32,36)(H,33,35)/b26-18-. The number of alkyl halides is 2. The van der Waals surface area contributed by atoms with Crippen LogP contribution in [0.4, 0.5) is 8.78 Å². The summed E-state index contributed by atoms with van der Waals surface area (Å²) in [5.41, 5.74) is 1.86. The Balaban J connectivity index is 1.62. The van der Waals surface area contributed by atoms with Crippen molar-refractivity contribution in [2.45, 2.75) is 12.8 Å². The molecule has 0 spiro atoms. The van der Waals surface area contributed by atoms with Crippen LogP contribution in [0, 0.1) is 0 Å². The van der Waals surface area contributed by atoms with E-state index in [9.17, 15) is 18.4 Å². The largest absolute Gasteiger partial charge is 0.497 e. The second-order valence-corrected chi connectivity index (χ2v) is 8.23. The summed E-state index contributed by atoms with van der Waals surface area (Å²) in [5, 5.41) is 14.1. The van der Waals surface area contributed by atoms with Gasteiger partial charge in [-0.25, -0.2) is 8.78 Å². The molecule has 3 aromatic rings. The highest BCUT2D eigenvalue weighted by Gasteiger charge is 2.15. The average molecular weight is 541 g/mol. The normalized spacial score (nSPS) is 11.2. The third kappa shape index (κ3) is 9.75. The van der Waals surface area contributed by atoms with Crippen molar-refractivity contribution in [1.29, 1.82) is 0 Å². The molecular weight excluding hydrogens is 510 g/mol. The van der Waals surface area contributed by atoms with Gasteiger partial charge in [0.1, 0.15) is 29.6 Å². The minimum atomic E-state index is -2.60. The number of aliphatic hydroxyl groups is 1. The van der Waals surface area contributed by atoms with E-state index in [0.29, 0.717) is 29.9 Å². The van der Waals surface area contributed by atoms with E-state index in [1.165, 1.54) is 18.2 Å². The third-order valence-corrected chi connectivity index (χ3v) is 5.39. The van der Waals surface area contributed by atoms with E-state index in [0.717, 1.165) is 11.3 Å². The van der Waals surface area contributed by atoms with Gasteiger partial charge >= 0.3 is 0 Å². The predicted molar refractivity (Wildman–Crippen MR) is 142 cm³/mol. The zero-order chi connectivity index (χ0) is 28.0. The number of amides is 2. The molecule has 0 bridgehead atoms. The first kappa shape index (κ1) is 29.1. The van der Waals surface area contributed by atoms with Crippen molar-refractivity contribution in [3.05, 3.63) is 95.2 Å². The predicted octanol–water partition coefficient (Wildman–Crippen LogP) is 3.84. The van der Waals surface area contributed by atoms with Crippen molar-refractivity contribution in [1.82, 2.24) is 10.6 Å². The minimum Gasteiger partial charge on any atom is -0.497 e. The summed E-state index contributed by atoms with van der Waals surface area (Å²) in [6.07, 6.45) is -0.470. The molecular formula is C29H30F2N2O6. The van der Waals surface area contributed by atoms with Crippen LogP contribution < -0.4 is 24.8 Å². The topological polar surface area (TPSA) is 106 Å². The smallest absolute Gasteiger partial charge is 0.272 e. The maximum Gasteiger partial charge on any atom is 0.272 e. The van der Waals surface area contributed by atoms with Crippen molar-refractivity contribution < 1.29 is 37.7 Å². The Hall–Kier alpha value is -4.44. The number of hydrogen-bond acceptors (Lipinski definition) is 6. The van der Waals surface area contributed by atoms with Crippen LogP contribution in [-0.4, -0.2) is 56.8 Å². The highest BCUT2D eigenvalue weighted by Crippen LogP contribution is 2.17. The molecule has 0 unspecified atom stereocenters. The SMILES string of the molecule is COc1ccc(CCOc2ccc(C(=O)N/C(=C\c3ccc(OCC(F)F)cc3)C(=O)NCCO)cc2)cc1. The van der Waals surface area contributed by atoms with Crippen LogP contribution in [0.2, 0.25) is 0 Å². The highest BCUT2D eigenvalue weighted by atomic mass is 19.3. The molecule has 0 saturated carbocycles. The molecule has 0 radical (unpaired) electrons. The van der Waals surface area contributed by atoms with Crippen LogP contribution >= 0.6 is 0 Å². The summed E-state index contributed by atoms with van der Waals surface area (Å²) in [6.45, 7) is -0.563. The Morgan fingerprint density at radius 1 is 0.897 bits per heavy atom. The molecule has 0 aliphatic rings. The molecule has 0 saturated heterocycles. The van der Waals surface area contributed by atoms with Crippen LogP contribution in [0.5, 0.6) is 17.2 Å². The minimum absolute atomic E-state index is 0.00495. The third-order valence-electron chi connectivity index (χ3n) is 5.39. The lowest BCUT2D eigenvalue weighted by Crippen LogP contribution is -2.36. The van der Waals surface area contributed by atoms with Crippen LogP contribution in [0.1, 0.15) is 21.5 Å². The molecule has 0 aliphatic heterocycles. The molecule has 0 fully saturated rings. The van der Waals surface area contributed by atoms with Crippen LogP contribution in [0.25, 0.3) is 6.08 Å². The number of carbonyl (C=O) groups is 2. The van der Waals surface area contributed by atoms with Gasteiger partial charge in [-0.3, -0.25) is 9.59 Å². The summed E-state index contributed by atoms with van der Waals surface area (Å²) < 4.78 is 40.6. The zero-order valence-corrected chi connectivity index (χ0v) is 21.4. The number of aliphatic hydroxyl groups excluding tert-OH is 1. The lowest BCUT2D eigenvalue weighted by Gasteiger charge is -2.12. The van der Waals surface area contributed by atoms with Crippen molar-refractivity contribution in [2.24, 2.45) is 0 Å².